The van der Waals surface area contributed by atoms with Crippen molar-refractivity contribution in [3.05, 3.63) is 0 Å². The zero-order valence-corrected chi connectivity index (χ0v) is 6.63. The van der Waals surface area contributed by atoms with Crippen molar-refractivity contribution in [2.75, 3.05) is 0 Å². The fourth-order valence-electron chi connectivity index (χ4n) is 0.326. The van der Waals surface area contributed by atoms with Crippen LogP contribution in [0.2, 0.25) is 0 Å². The van der Waals surface area contributed by atoms with E-state index < -0.39 is 24.9 Å². The summed E-state index contributed by atoms with van der Waals surface area (Å²) in [6.07, 6.45) is 0. The van der Waals surface area contributed by atoms with Gasteiger partial charge in [0, 0.05) is 0 Å². The van der Waals surface area contributed by atoms with Gasteiger partial charge in [0.05, 0.1) is 0 Å². The minimum absolute atomic E-state index is 1.21. The van der Waals surface area contributed by atoms with Gasteiger partial charge < -0.3 is 0 Å². The molecule has 0 unspecified atom stereocenters. The predicted molar refractivity (Wildman–Crippen MR) is 34.2 cm³/mol. The molecule has 0 atom stereocenters. The Kier molecular flexibility index (Phi) is 2.93. The maximum Gasteiger partial charge on any atom is 0.299 e. The second-order valence-electron chi connectivity index (χ2n) is 1.53. The topological polar surface area (TPSA) is 147 Å². The Morgan fingerprint density at radius 3 is 1.36 bits per heavy atom. The van der Waals surface area contributed by atoms with Gasteiger partial charge in [0.2, 0.25) is 0 Å². The zero-order chi connectivity index (χ0) is 9.28. The lowest BCUT2D eigenvalue weighted by Crippen LogP contribution is -2.46. The van der Waals surface area contributed by atoms with Gasteiger partial charge in [-0.1, -0.05) is 0 Å². The van der Waals surface area contributed by atoms with Gasteiger partial charge >= 0.3 is 0 Å². The molecule has 0 bridgehead atoms. The summed E-state index contributed by atoms with van der Waals surface area (Å²) in [7, 11) is -9.89. The quantitative estimate of drug-likeness (QED) is 0.225. The van der Waals surface area contributed by atoms with Crippen molar-refractivity contribution < 1.29 is 25.9 Å². The van der Waals surface area contributed by atoms with Gasteiger partial charge in [0.1, 0.15) is 0 Å². The fourth-order valence-corrected chi connectivity index (χ4v) is 1.90. The van der Waals surface area contributed by atoms with Crippen LogP contribution in [-0.4, -0.2) is 30.6 Å². The Labute approximate surface area is 62.9 Å². The van der Waals surface area contributed by atoms with Crippen LogP contribution in [0, 0.1) is 0 Å². The van der Waals surface area contributed by atoms with Crippen LogP contribution in [-0.2, 0) is 20.2 Å². The van der Waals surface area contributed by atoms with Crippen molar-refractivity contribution in [3.8, 4) is 0 Å². The third-order valence-corrected chi connectivity index (χ3v) is 3.49. The second-order valence-corrected chi connectivity index (χ2v) is 4.83. The molecule has 0 aliphatic carbocycles. The van der Waals surface area contributed by atoms with E-state index in [-0.39, 0.29) is 0 Å². The number of rotatable bonds is 3. The molecule has 0 aromatic rings. The Bertz CT molecular complexity index is 280. The highest BCUT2D eigenvalue weighted by molar-refractivity contribution is 8.03. The molecule has 0 saturated heterocycles. The lowest BCUT2D eigenvalue weighted by Gasteiger charge is -2.07. The van der Waals surface area contributed by atoms with Gasteiger partial charge in [-0.05, 0) is 0 Å². The predicted octanol–water partition coefficient (Wildman–Crippen LogP) is -2.49. The third-order valence-electron chi connectivity index (χ3n) is 0.677. The van der Waals surface area contributed by atoms with E-state index in [1.165, 1.54) is 5.43 Å². The monoisotopic (exact) mass is 206 g/mol. The number of nitrogens with one attached hydrogen (secondary N) is 1. The number of nitrogens with two attached hydrogens (primary N) is 1. The van der Waals surface area contributed by atoms with Gasteiger partial charge in [-0.3, -0.25) is 14.9 Å². The molecule has 0 rings (SSSR count). The summed E-state index contributed by atoms with van der Waals surface area (Å²) in [5.41, 5.74) is 1.21. The minimum atomic E-state index is -4.95. The van der Waals surface area contributed by atoms with Crippen molar-refractivity contribution in [1.29, 1.82) is 0 Å². The Morgan fingerprint density at radius 1 is 1.09 bits per heavy atom. The van der Waals surface area contributed by atoms with E-state index in [4.69, 9.17) is 9.11 Å². The van der Waals surface area contributed by atoms with Crippen LogP contribution >= 0.6 is 0 Å². The Balaban J connectivity index is 5.05. The molecule has 0 aromatic heterocycles. The smallest absolute Gasteiger partial charge is 0.283 e. The van der Waals surface area contributed by atoms with Crippen LogP contribution in [0.1, 0.15) is 0 Å². The van der Waals surface area contributed by atoms with E-state index in [1.807, 2.05) is 0 Å². The first-order valence-corrected chi connectivity index (χ1v) is 5.09. The number of hydrazine groups is 1. The third kappa shape index (κ3) is 3.09. The molecule has 0 radical (unpaired) electrons. The lowest BCUT2D eigenvalue weighted by atomic mass is 11.5. The molecule has 0 fully saturated rings. The molecule has 68 valence electrons. The summed E-state index contributed by atoms with van der Waals surface area (Å²) in [5, 5.41) is 0. The van der Waals surface area contributed by atoms with Crippen molar-refractivity contribution in [3.63, 3.8) is 0 Å². The molecule has 0 amide bonds. The van der Waals surface area contributed by atoms with Crippen LogP contribution in [0.25, 0.3) is 0 Å². The second kappa shape index (κ2) is 3.00. The number of hydrogen-bond acceptors (Lipinski definition) is 6. The molecular weight excluding hydrogens is 200 g/mol. The standard InChI is InChI=1S/CH6N2O6S2/c2-3-1(10(4,5)6)11(7,8)9/h1,3H,2H2,(H,4,5,6)(H,7,8,9). The molecule has 0 heterocycles. The maximum atomic E-state index is 10.1. The van der Waals surface area contributed by atoms with Crippen molar-refractivity contribution in [1.82, 2.24) is 5.43 Å². The highest BCUT2D eigenvalue weighted by Gasteiger charge is 2.34. The SMILES string of the molecule is NNC(S(=O)(=O)O)S(=O)(=O)O. The van der Waals surface area contributed by atoms with E-state index in [0.29, 0.717) is 0 Å². The summed E-state index contributed by atoms with van der Waals surface area (Å²) in [6.45, 7) is 0. The normalized spacial score (nSPS) is 13.8. The zero-order valence-electron chi connectivity index (χ0n) is 5.00. The number of hydrogen-bond donors (Lipinski definition) is 4. The van der Waals surface area contributed by atoms with Gasteiger partial charge in [-0.2, -0.15) is 16.8 Å². The van der Waals surface area contributed by atoms with Gasteiger partial charge in [0.25, 0.3) is 24.9 Å². The Hall–Kier alpha value is -0.260. The first-order chi connectivity index (χ1) is 4.69. The molecule has 5 N–H and O–H groups in total. The average molecular weight is 206 g/mol. The summed E-state index contributed by atoms with van der Waals surface area (Å²) >= 11 is 0. The lowest BCUT2D eigenvalue weighted by molar-refractivity contribution is 0.443. The van der Waals surface area contributed by atoms with E-state index in [1.54, 1.807) is 0 Å². The molecule has 0 spiro atoms. The van der Waals surface area contributed by atoms with Crippen molar-refractivity contribution >= 4 is 20.2 Å². The van der Waals surface area contributed by atoms with Crippen molar-refractivity contribution in [2.45, 2.75) is 4.71 Å². The summed E-state index contributed by atoms with van der Waals surface area (Å²) in [6, 6.07) is 0. The van der Waals surface area contributed by atoms with Crippen LogP contribution in [0.5, 0.6) is 0 Å². The first kappa shape index (κ1) is 10.7. The minimum Gasteiger partial charge on any atom is -0.283 e. The van der Waals surface area contributed by atoms with Gasteiger partial charge in [0.15, 0.2) is 0 Å². The van der Waals surface area contributed by atoms with E-state index in [9.17, 15) is 16.8 Å². The molecular formula is CH6N2O6S2. The highest BCUT2D eigenvalue weighted by atomic mass is 32.3. The largest absolute Gasteiger partial charge is 0.299 e. The molecule has 0 saturated carbocycles. The first-order valence-electron chi connectivity index (χ1n) is 2.08. The van der Waals surface area contributed by atoms with Gasteiger partial charge in [-0.15, -0.1) is 0 Å². The summed E-state index contributed by atoms with van der Waals surface area (Å²) < 4.78 is 53.9. The molecule has 0 aromatic carbocycles. The average Bonchev–Trinajstić information content (AvgIpc) is 1.56. The Morgan fingerprint density at radius 2 is 1.36 bits per heavy atom. The van der Waals surface area contributed by atoms with Crippen LogP contribution in [0.15, 0.2) is 0 Å². The summed E-state index contributed by atoms with van der Waals surface area (Å²) in [5.74, 6) is 4.42. The molecule has 0 aliphatic rings. The van der Waals surface area contributed by atoms with E-state index in [2.05, 4.69) is 5.84 Å². The van der Waals surface area contributed by atoms with Crippen LogP contribution in [0.4, 0.5) is 0 Å². The van der Waals surface area contributed by atoms with E-state index >= 15 is 0 Å². The fraction of sp³-hybridized carbons (Fsp3) is 1.00. The van der Waals surface area contributed by atoms with Crippen LogP contribution < -0.4 is 11.3 Å². The maximum absolute atomic E-state index is 10.1. The summed E-state index contributed by atoms with van der Waals surface area (Å²) in [4.78, 5) is 0. The molecule has 8 nitrogen and oxygen atoms in total. The van der Waals surface area contributed by atoms with Gasteiger partial charge in [-0.25, -0.2) is 5.43 Å². The van der Waals surface area contributed by atoms with Crippen molar-refractivity contribution in [2.24, 2.45) is 5.84 Å². The molecule has 10 heteroatoms. The highest BCUT2D eigenvalue weighted by Crippen LogP contribution is 2.00. The van der Waals surface area contributed by atoms with Crippen LogP contribution in [0.3, 0.4) is 0 Å². The molecule has 0 aliphatic heterocycles. The molecule has 11 heavy (non-hydrogen) atoms. The van der Waals surface area contributed by atoms with E-state index in [0.717, 1.165) is 0 Å².